The molecule has 0 saturated heterocycles. The van der Waals surface area contributed by atoms with Gasteiger partial charge in [-0.15, -0.1) is 0 Å². The molecule has 1 N–H and O–H groups in total. The smallest absolute Gasteiger partial charge is 0.309 e. The number of carboxylic acids is 1. The Morgan fingerprint density at radius 1 is 1.71 bits per heavy atom. The minimum atomic E-state index is -0.927. The van der Waals surface area contributed by atoms with Crippen molar-refractivity contribution in [1.82, 2.24) is 0 Å². The van der Waals surface area contributed by atoms with Crippen LogP contribution in [0.1, 0.15) is 13.8 Å². The van der Waals surface area contributed by atoms with E-state index >= 15 is 0 Å². The van der Waals surface area contributed by atoms with E-state index in [-0.39, 0.29) is 0 Å². The molecule has 0 amide bonds. The molecule has 1 heterocycles. The third kappa shape index (κ3) is 2.31. The van der Waals surface area contributed by atoms with Crippen LogP contribution in [-0.2, 0) is 19.3 Å². The number of aliphatic carboxylic acids is 1. The van der Waals surface area contributed by atoms with Gasteiger partial charge in [-0.05, 0) is 19.9 Å². The minimum Gasteiger partial charge on any atom is -0.481 e. The predicted octanol–water partition coefficient (Wildman–Crippen LogP) is 0.956. The van der Waals surface area contributed by atoms with Crippen molar-refractivity contribution in [1.29, 1.82) is 0 Å². The zero-order valence-corrected chi connectivity index (χ0v) is 8.39. The molecule has 0 saturated carbocycles. The summed E-state index contributed by atoms with van der Waals surface area (Å²) >= 11 is 0. The van der Waals surface area contributed by atoms with Crippen LogP contribution in [0.2, 0.25) is 0 Å². The molecule has 0 fully saturated rings. The highest BCUT2D eigenvalue weighted by Gasteiger charge is 2.33. The number of methoxy groups -OCH3 is 1. The molecule has 0 aromatic carbocycles. The second kappa shape index (κ2) is 4.08. The Kier molecular flexibility index (Phi) is 3.25. The molecule has 0 aromatic rings. The van der Waals surface area contributed by atoms with Crippen molar-refractivity contribution in [3.63, 3.8) is 0 Å². The summed E-state index contributed by atoms with van der Waals surface area (Å²) in [6.45, 7) is 3.22. The van der Waals surface area contributed by atoms with E-state index in [4.69, 9.17) is 19.6 Å². The summed E-state index contributed by atoms with van der Waals surface area (Å²) in [6.07, 6.45) is 2.70. The van der Waals surface area contributed by atoms with Gasteiger partial charge in [0.25, 0.3) is 0 Å². The molecular formula is C9H14O5. The van der Waals surface area contributed by atoms with Gasteiger partial charge in [-0.25, -0.2) is 4.89 Å². The zero-order valence-electron chi connectivity index (χ0n) is 8.39. The lowest BCUT2D eigenvalue weighted by atomic mass is 10.0. The molecule has 1 rings (SSSR count). The molecule has 80 valence electrons. The Labute approximate surface area is 82.2 Å². The van der Waals surface area contributed by atoms with E-state index in [1.54, 1.807) is 26.0 Å². The van der Waals surface area contributed by atoms with Gasteiger partial charge < -0.3 is 9.84 Å². The fourth-order valence-electron chi connectivity index (χ4n) is 0.973. The van der Waals surface area contributed by atoms with Gasteiger partial charge in [-0.3, -0.25) is 4.79 Å². The first-order chi connectivity index (χ1) is 6.48. The first-order valence-corrected chi connectivity index (χ1v) is 4.30. The Morgan fingerprint density at radius 2 is 2.36 bits per heavy atom. The van der Waals surface area contributed by atoms with Crippen molar-refractivity contribution in [2.75, 3.05) is 7.11 Å². The van der Waals surface area contributed by atoms with E-state index in [2.05, 4.69) is 0 Å². The zero-order chi connectivity index (χ0) is 10.8. The average molecular weight is 202 g/mol. The van der Waals surface area contributed by atoms with Crippen LogP contribution in [0.15, 0.2) is 12.2 Å². The molecule has 1 aliphatic heterocycles. The number of rotatable bonds is 3. The molecule has 3 atom stereocenters. The lowest BCUT2D eigenvalue weighted by Gasteiger charge is -2.30. The summed E-state index contributed by atoms with van der Waals surface area (Å²) in [5.74, 6) is -2.49. The lowest BCUT2D eigenvalue weighted by Crippen LogP contribution is -2.38. The fourth-order valence-corrected chi connectivity index (χ4v) is 0.973. The molecule has 0 spiro atoms. The summed E-state index contributed by atoms with van der Waals surface area (Å²) in [4.78, 5) is 20.5. The van der Waals surface area contributed by atoms with Gasteiger partial charge in [0.1, 0.15) is 6.10 Å². The molecule has 0 radical (unpaired) electrons. The Hall–Kier alpha value is -0.910. The van der Waals surface area contributed by atoms with Gasteiger partial charge in [-0.2, -0.15) is 4.89 Å². The molecule has 3 unspecified atom stereocenters. The summed E-state index contributed by atoms with van der Waals surface area (Å²) in [5.41, 5.74) is 0. The van der Waals surface area contributed by atoms with Crippen molar-refractivity contribution in [3.8, 4) is 0 Å². The third-order valence-corrected chi connectivity index (χ3v) is 2.20. The van der Waals surface area contributed by atoms with E-state index in [9.17, 15) is 4.79 Å². The van der Waals surface area contributed by atoms with Crippen molar-refractivity contribution in [3.05, 3.63) is 12.2 Å². The van der Waals surface area contributed by atoms with Crippen molar-refractivity contribution < 1.29 is 24.4 Å². The van der Waals surface area contributed by atoms with Gasteiger partial charge in [0, 0.05) is 7.11 Å². The van der Waals surface area contributed by atoms with Crippen LogP contribution in [0, 0.1) is 5.92 Å². The minimum absolute atomic E-state index is 0.573. The molecule has 0 aliphatic carbocycles. The van der Waals surface area contributed by atoms with E-state index in [1.165, 1.54) is 7.11 Å². The number of hydrogen-bond acceptors (Lipinski definition) is 4. The van der Waals surface area contributed by atoms with Gasteiger partial charge >= 0.3 is 5.97 Å². The van der Waals surface area contributed by atoms with Crippen LogP contribution < -0.4 is 0 Å². The lowest BCUT2D eigenvalue weighted by molar-refractivity contribution is -0.425. The average Bonchev–Trinajstić information content (AvgIpc) is 2.18. The summed E-state index contributed by atoms with van der Waals surface area (Å²) < 4.78 is 4.99. The highest BCUT2D eigenvalue weighted by Crippen LogP contribution is 2.23. The number of carbonyl (C=O) groups is 1. The second-order valence-corrected chi connectivity index (χ2v) is 3.35. The van der Waals surface area contributed by atoms with E-state index in [0.717, 1.165) is 0 Å². The quantitative estimate of drug-likeness (QED) is 0.545. The topological polar surface area (TPSA) is 65.0 Å². The molecule has 5 heteroatoms. The first-order valence-electron chi connectivity index (χ1n) is 4.30. The van der Waals surface area contributed by atoms with E-state index in [0.29, 0.717) is 0 Å². The normalized spacial score (nSPS) is 34.1. The second-order valence-electron chi connectivity index (χ2n) is 3.35. The van der Waals surface area contributed by atoms with Crippen molar-refractivity contribution in [2.24, 2.45) is 5.92 Å². The molecular weight excluding hydrogens is 188 g/mol. The monoisotopic (exact) mass is 202 g/mol. The number of hydrogen-bond donors (Lipinski definition) is 1. The highest BCUT2D eigenvalue weighted by atomic mass is 17.2. The SMILES string of the molecule is COC1(C)C=CC(C(C)C(=O)O)OO1. The van der Waals surface area contributed by atoms with Gasteiger partial charge in [-0.1, -0.05) is 6.08 Å². The maximum absolute atomic E-state index is 10.6. The fraction of sp³-hybridized carbons (Fsp3) is 0.667. The molecule has 14 heavy (non-hydrogen) atoms. The van der Waals surface area contributed by atoms with Gasteiger partial charge in [0.05, 0.1) is 5.92 Å². The highest BCUT2D eigenvalue weighted by molar-refractivity contribution is 5.70. The molecule has 0 bridgehead atoms. The number of ether oxygens (including phenoxy) is 1. The largest absolute Gasteiger partial charge is 0.481 e. The summed E-state index contributed by atoms with van der Waals surface area (Å²) in [7, 11) is 1.48. The van der Waals surface area contributed by atoms with Gasteiger partial charge in [0.15, 0.2) is 0 Å². The Balaban J connectivity index is 2.64. The van der Waals surface area contributed by atoms with Crippen LogP contribution >= 0.6 is 0 Å². The predicted molar refractivity (Wildman–Crippen MR) is 47.3 cm³/mol. The maximum Gasteiger partial charge on any atom is 0.309 e. The maximum atomic E-state index is 10.6. The summed E-state index contributed by atoms with van der Waals surface area (Å²) in [5, 5.41) is 8.72. The van der Waals surface area contributed by atoms with E-state index in [1.807, 2.05) is 0 Å². The molecule has 5 nitrogen and oxygen atoms in total. The Bertz CT molecular complexity index is 250. The van der Waals surface area contributed by atoms with Crippen LogP contribution in [0.4, 0.5) is 0 Å². The van der Waals surface area contributed by atoms with Gasteiger partial charge in [0.2, 0.25) is 5.79 Å². The molecule has 1 aliphatic rings. The molecule has 0 aromatic heterocycles. The summed E-state index contributed by atoms with van der Waals surface area (Å²) in [6, 6.07) is 0. The Morgan fingerprint density at radius 3 is 2.71 bits per heavy atom. The van der Waals surface area contributed by atoms with Crippen molar-refractivity contribution >= 4 is 5.97 Å². The third-order valence-electron chi connectivity index (χ3n) is 2.20. The number of carboxylic acid groups (broad SMARTS) is 1. The van der Waals surface area contributed by atoms with E-state index < -0.39 is 23.8 Å². The van der Waals surface area contributed by atoms with Crippen LogP contribution in [-0.4, -0.2) is 30.1 Å². The van der Waals surface area contributed by atoms with Crippen molar-refractivity contribution in [2.45, 2.75) is 25.7 Å². The van der Waals surface area contributed by atoms with Crippen LogP contribution in [0.25, 0.3) is 0 Å². The standard InChI is InChI=1S/C9H14O5/c1-6(8(10)11)7-4-5-9(2,12-3)14-13-7/h4-7H,1-3H3,(H,10,11). The van der Waals surface area contributed by atoms with Crippen LogP contribution in [0.5, 0.6) is 0 Å². The van der Waals surface area contributed by atoms with Crippen LogP contribution in [0.3, 0.4) is 0 Å². The first kappa shape index (κ1) is 11.2.